The topological polar surface area (TPSA) is 64.1 Å². The first-order chi connectivity index (χ1) is 12.6. The van der Waals surface area contributed by atoms with Gasteiger partial charge in [0.1, 0.15) is 6.33 Å². The molecular weight excluding hydrogens is 394 g/mol. The highest BCUT2D eigenvalue weighted by molar-refractivity contribution is 9.10. The standard InChI is InChI=1S/C20H20BrN3O2/c1-14(7-8-15-5-3-2-4-6-15)24-19(25)12-26-20-17-11-16(21)9-10-18(17)22-13-23-20/h2-6,9-11,13-14H,7-8,12H2,1H3,(H,24,25)/t14-/m0/s1. The molecule has 1 atom stereocenters. The van der Waals surface area contributed by atoms with Crippen LogP contribution < -0.4 is 10.1 Å². The number of nitrogens with zero attached hydrogens (tertiary/aromatic N) is 2. The number of aryl methyl sites for hydroxylation is 1. The number of rotatable bonds is 7. The average Bonchev–Trinajstić information content (AvgIpc) is 2.65. The fourth-order valence-electron chi connectivity index (χ4n) is 2.67. The second kappa shape index (κ2) is 8.76. The van der Waals surface area contributed by atoms with Gasteiger partial charge in [-0.2, -0.15) is 0 Å². The first kappa shape index (κ1) is 18.3. The van der Waals surface area contributed by atoms with Crippen molar-refractivity contribution in [2.24, 2.45) is 0 Å². The number of carbonyl (C=O) groups is 1. The molecule has 5 nitrogen and oxygen atoms in total. The van der Waals surface area contributed by atoms with Crippen LogP contribution in [-0.2, 0) is 11.2 Å². The summed E-state index contributed by atoms with van der Waals surface area (Å²) in [5.41, 5.74) is 2.04. The summed E-state index contributed by atoms with van der Waals surface area (Å²) >= 11 is 3.43. The molecule has 26 heavy (non-hydrogen) atoms. The number of hydrogen-bond donors (Lipinski definition) is 1. The van der Waals surface area contributed by atoms with Crippen LogP contribution >= 0.6 is 15.9 Å². The molecule has 0 fully saturated rings. The van der Waals surface area contributed by atoms with E-state index in [9.17, 15) is 4.79 Å². The molecule has 0 saturated heterocycles. The molecular formula is C20H20BrN3O2. The molecule has 0 bridgehead atoms. The Morgan fingerprint density at radius 1 is 1.19 bits per heavy atom. The third-order valence-corrected chi connectivity index (χ3v) is 4.51. The van der Waals surface area contributed by atoms with Crippen LogP contribution in [0.4, 0.5) is 0 Å². The Bertz CT molecular complexity index is 887. The van der Waals surface area contributed by atoms with Gasteiger partial charge in [0, 0.05) is 10.5 Å². The summed E-state index contributed by atoms with van der Waals surface area (Å²) in [4.78, 5) is 20.5. The van der Waals surface area contributed by atoms with Crippen LogP contribution in [0.1, 0.15) is 18.9 Å². The molecule has 0 saturated carbocycles. The number of ether oxygens (including phenoxy) is 1. The molecule has 0 unspecified atom stereocenters. The van der Waals surface area contributed by atoms with Gasteiger partial charge in [0.15, 0.2) is 6.61 Å². The molecule has 2 aromatic carbocycles. The minimum absolute atomic E-state index is 0.0718. The van der Waals surface area contributed by atoms with Gasteiger partial charge in [0.2, 0.25) is 5.88 Å². The summed E-state index contributed by atoms with van der Waals surface area (Å²) in [6.45, 7) is 1.92. The predicted octanol–water partition coefficient (Wildman–Crippen LogP) is 3.91. The van der Waals surface area contributed by atoms with Crippen molar-refractivity contribution in [2.45, 2.75) is 25.8 Å². The molecule has 1 aromatic heterocycles. The first-order valence-electron chi connectivity index (χ1n) is 8.48. The lowest BCUT2D eigenvalue weighted by atomic mass is 10.1. The molecule has 3 rings (SSSR count). The molecule has 1 amide bonds. The Morgan fingerprint density at radius 2 is 2.00 bits per heavy atom. The second-order valence-electron chi connectivity index (χ2n) is 6.12. The number of amides is 1. The molecule has 0 aliphatic rings. The highest BCUT2D eigenvalue weighted by atomic mass is 79.9. The molecule has 3 aromatic rings. The molecule has 134 valence electrons. The zero-order valence-corrected chi connectivity index (χ0v) is 16.1. The van der Waals surface area contributed by atoms with Crippen LogP contribution in [0.5, 0.6) is 5.88 Å². The number of benzene rings is 2. The predicted molar refractivity (Wildman–Crippen MR) is 105 cm³/mol. The summed E-state index contributed by atoms with van der Waals surface area (Å²) < 4.78 is 6.52. The van der Waals surface area contributed by atoms with Crippen molar-refractivity contribution in [1.29, 1.82) is 0 Å². The zero-order chi connectivity index (χ0) is 18.4. The van der Waals surface area contributed by atoms with E-state index in [1.165, 1.54) is 11.9 Å². The summed E-state index contributed by atoms with van der Waals surface area (Å²) in [5, 5.41) is 3.73. The molecule has 6 heteroatoms. The van der Waals surface area contributed by atoms with Crippen molar-refractivity contribution in [2.75, 3.05) is 6.61 Å². The highest BCUT2D eigenvalue weighted by Crippen LogP contribution is 2.24. The van der Waals surface area contributed by atoms with E-state index < -0.39 is 0 Å². The number of hydrogen-bond acceptors (Lipinski definition) is 4. The average molecular weight is 414 g/mol. The Labute approximate surface area is 160 Å². The van der Waals surface area contributed by atoms with Crippen LogP contribution in [0.2, 0.25) is 0 Å². The lowest BCUT2D eigenvalue weighted by Gasteiger charge is -2.14. The molecule has 0 radical (unpaired) electrons. The molecule has 0 aliphatic heterocycles. The first-order valence-corrected chi connectivity index (χ1v) is 9.27. The summed E-state index contributed by atoms with van der Waals surface area (Å²) in [6.07, 6.45) is 3.23. The van der Waals surface area contributed by atoms with E-state index in [0.29, 0.717) is 5.88 Å². The number of halogens is 1. The van der Waals surface area contributed by atoms with Crippen LogP contribution in [0, 0.1) is 0 Å². The van der Waals surface area contributed by atoms with Gasteiger partial charge in [-0.3, -0.25) is 4.79 Å². The van der Waals surface area contributed by atoms with E-state index >= 15 is 0 Å². The fourth-order valence-corrected chi connectivity index (χ4v) is 3.03. The van der Waals surface area contributed by atoms with Crippen molar-refractivity contribution >= 4 is 32.7 Å². The quantitative estimate of drug-likeness (QED) is 0.637. The SMILES string of the molecule is C[C@@H](CCc1ccccc1)NC(=O)COc1ncnc2ccc(Br)cc12. The van der Waals surface area contributed by atoms with Gasteiger partial charge in [-0.1, -0.05) is 46.3 Å². The van der Waals surface area contributed by atoms with Crippen molar-refractivity contribution in [3.63, 3.8) is 0 Å². The van der Waals surface area contributed by atoms with Crippen LogP contribution in [0.3, 0.4) is 0 Å². The number of carbonyl (C=O) groups excluding carboxylic acids is 1. The van der Waals surface area contributed by atoms with Gasteiger partial charge < -0.3 is 10.1 Å². The molecule has 0 spiro atoms. The van der Waals surface area contributed by atoms with Gasteiger partial charge in [0.25, 0.3) is 5.91 Å². The van der Waals surface area contributed by atoms with Gasteiger partial charge in [-0.25, -0.2) is 9.97 Å². The largest absolute Gasteiger partial charge is 0.467 e. The van der Waals surface area contributed by atoms with Gasteiger partial charge in [0.05, 0.1) is 10.9 Å². The van der Waals surface area contributed by atoms with Gasteiger partial charge in [-0.15, -0.1) is 0 Å². The fraction of sp³-hybridized carbons (Fsp3) is 0.250. The number of fused-ring (bicyclic) bond motifs is 1. The minimum atomic E-state index is -0.160. The Balaban J connectivity index is 1.52. The number of nitrogens with one attached hydrogen (secondary N) is 1. The monoisotopic (exact) mass is 413 g/mol. The maximum absolute atomic E-state index is 12.2. The maximum atomic E-state index is 12.2. The Kier molecular flexibility index (Phi) is 6.17. The Morgan fingerprint density at radius 3 is 2.81 bits per heavy atom. The van der Waals surface area contributed by atoms with E-state index in [1.807, 2.05) is 43.3 Å². The highest BCUT2D eigenvalue weighted by Gasteiger charge is 2.11. The summed E-state index contributed by atoms with van der Waals surface area (Å²) in [6, 6.07) is 16.0. The van der Waals surface area contributed by atoms with Crippen molar-refractivity contribution < 1.29 is 9.53 Å². The van der Waals surface area contributed by atoms with E-state index in [2.05, 4.69) is 43.3 Å². The second-order valence-corrected chi connectivity index (χ2v) is 7.04. The van der Waals surface area contributed by atoms with Gasteiger partial charge in [-0.05, 0) is 43.5 Å². The van der Waals surface area contributed by atoms with Crippen LogP contribution in [-0.4, -0.2) is 28.5 Å². The van der Waals surface area contributed by atoms with E-state index in [4.69, 9.17) is 4.74 Å². The zero-order valence-electron chi connectivity index (χ0n) is 14.5. The van der Waals surface area contributed by atoms with Crippen LogP contribution in [0.25, 0.3) is 10.9 Å². The van der Waals surface area contributed by atoms with E-state index in [0.717, 1.165) is 28.2 Å². The minimum Gasteiger partial charge on any atom is -0.467 e. The maximum Gasteiger partial charge on any atom is 0.258 e. The van der Waals surface area contributed by atoms with Crippen molar-refractivity contribution in [3.05, 3.63) is 64.9 Å². The number of aromatic nitrogens is 2. The van der Waals surface area contributed by atoms with Crippen LogP contribution in [0.15, 0.2) is 59.3 Å². The van der Waals surface area contributed by atoms with E-state index in [1.54, 1.807) is 0 Å². The molecule has 1 heterocycles. The third kappa shape index (κ3) is 5.02. The Hall–Kier alpha value is -2.47. The third-order valence-electron chi connectivity index (χ3n) is 4.02. The van der Waals surface area contributed by atoms with Crippen molar-refractivity contribution in [3.8, 4) is 5.88 Å². The van der Waals surface area contributed by atoms with Gasteiger partial charge >= 0.3 is 0 Å². The normalized spacial score (nSPS) is 11.9. The summed E-state index contributed by atoms with van der Waals surface area (Å²) in [7, 11) is 0. The van der Waals surface area contributed by atoms with E-state index in [-0.39, 0.29) is 18.6 Å². The molecule has 1 N–H and O–H groups in total. The smallest absolute Gasteiger partial charge is 0.258 e. The lowest BCUT2D eigenvalue weighted by molar-refractivity contribution is -0.123. The summed E-state index contributed by atoms with van der Waals surface area (Å²) in [5.74, 6) is 0.246. The molecule has 0 aliphatic carbocycles. The van der Waals surface area contributed by atoms with Crippen molar-refractivity contribution in [1.82, 2.24) is 15.3 Å². The lowest BCUT2D eigenvalue weighted by Crippen LogP contribution is -2.36.